The fraction of sp³-hybridized carbons (Fsp3) is 0.889. The van der Waals surface area contributed by atoms with E-state index in [4.69, 9.17) is 63.9 Å². The van der Waals surface area contributed by atoms with Crippen LogP contribution in [0.15, 0.2) is 0 Å². The third-order valence-electron chi connectivity index (χ3n) is 8.44. The predicted molar refractivity (Wildman–Crippen MR) is 150 cm³/mol. The van der Waals surface area contributed by atoms with Crippen molar-refractivity contribution in [3.8, 4) is 0 Å². The van der Waals surface area contributed by atoms with Crippen molar-refractivity contribution in [2.75, 3.05) is 14.2 Å². The Balaban J connectivity index is 0.000000344. The average Bonchev–Trinajstić information content (AvgIpc) is 2.82. The van der Waals surface area contributed by atoms with Crippen LogP contribution in [0.5, 0.6) is 0 Å². The minimum absolute atomic E-state index is 0.0424. The molecular weight excluding hydrogens is 557 g/mol. The summed E-state index contributed by atoms with van der Waals surface area (Å²) in [5.41, 5.74) is 0. The molecule has 0 aromatic carbocycles. The van der Waals surface area contributed by atoms with Crippen LogP contribution in [0.1, 0.15) is 74.1 Å². The summed E-state index contributed by atoms with van der Waals surface area (Å²) in [6.07, 6.45) is 4.14. The number of ether oxygens (including phenoxy) is 5. The molecule has 1 saturated carbocycles. The van der Waals surface area contributed by atoms with Gasteiger partial charge in [0, 0.05) is 5.92 Å². The van der Waals surface area contributed by atoms with Crippen molar-refractivity contribution in [3.05, 3.63) is 0 Å². The summed E-state index contributed by atoms with van der Waals surface area (Å²) in [6, 6.07) is 0. The summed E-state index contributed by atoms with van der Waals surface area (Å²) < 4.78 is 24.0. The van der Waals surface area contributed by atoms with E-state index in [-0.39, 0.29) is 41.8 Å². The van der Waals surface area contributed by atoms with Crippen molar-refractivity contribution in [1.82, 2.24) is 0 Å². The molecule has 3 rings (SSSR count). The molecule has 0 bridgehead atoms. The molecule has 0 aromatic rings. The molecule has 0 spiro atoms. The van der Waals surface area contributed by atoms with Crippen LogP contribution >= 0.6 is 34.8 Å². The largest absolute Gasteiger partial charge is 0.467 e. The highest BCUT2D eigenvalue weighted by Crippen LogP contribution is 2.38. The van der Waals surface area contributed by atoms with Crippen molar-refractivity contribution < 1.29 is 33.3 Å². The van der Waals surface area contributed by atoms with Crippen LogP contribution < -0.4 is 0 Å². The van der Waals surface area contributed by atoms with Gasteiger partial charge in [0.2, 0.25) is 12.2 Å². The van der Waals surface area contributed by atoms with Crippen molar-refractivity contribution in [2.45, 2.75) is 103 Å². The number of methoxy groups -OCH3 is 2. The number of halogens is 3. The highest BCUT2D eigenvalue weighted by molar-refractivity contribution is 6.76. The first-order chi connectivity index (χ1) is 17.6. The molecule has 0 radical (unpaired) electrons. The lowest BCUT2D eigenvalue weighted by Crippen LogP contribution is -2.50. The van der Waals surface area contributed by atoms with Gasteiger partial charge in [-0.2, -0.15) is 0 Å². The van der Waals surface area contributed by atoms with Crippen LogP contribution in [-0.4, -0.2) is 60.5 Å². The normalized spacial score (nSPS) is 36.6. The van der Waals surface area contributed by atoms with Crippen LogP contribution in [0, 0.1) is 40.9 Å². The van der Waals surface area contributed by atoms with Crippen LogP contribution in [0.2, 0.25) is 0 Å². The second-order valence-electron chi connectivity index (χ2n) is 10.7. The first kappa shape index (κ1) is 35.2. The fourth-order valence-electron chi connectivity index (χ4n) is 4.40. The monoisotopic (exact) mass is 601 g/mol. The highest BCUT2D eigenvalue weighted by Gasteiger charge is 2.46. The molecule has 10 atom stereocenters. The zero-order valence-electron chi connectivity index (χ0n) is 24.1. The summed E-state index contributed by atoms with van der Waals surface area (Å²) >= 11 is 16.7. The number of rotatable bonds is 3. The molecule has 11 heteroatoms. The Kier molecular flexibility index (Phi) is 14.7. The summed E-state index contributed by atoms with van der Waals surface area (Å²) in [4.78, 5) is 23.2. The van der Waals surface area contributed by atoms with E-state index >= 15 is 0 Å². The van der Waals surface area contributed by atoms with E-state index in [0.717, 1.165) is 0 Å². The molecular formula is C27H46Cl3NO7. The number of carbonyl (C=O) groups excluding carboxylic acids is 2. The highest BCUT2D eigenvalue weighted by atomic mass is 35.6. The van der Waals surface area contributed by atoms with Gasteiger partial charge in [-0.05, 0) is 36.5 Å². The Hall–Kier alpha value is -0.800. The number of alkyl halides is 3. The number of hydrogen-bond donors (Lipinski definition) is 1. The van der Waals surface area contributed by atoms with Gasteiger partial charge in [0.1, 0.15) is 0 Å². The maximum atomic E-state index is 11.7. The van der Waals surface area contributed by atoms with Crippen LogP contribution in [0.3, 0.4) is 0 Å². The molecule has 1 aliphatic carbocycles. The van der Waals surface area contributed by atoms with Gasteiger partial charge < -0.3 is 23.7 Å². The topological polar surface area (TPSA) is 104 Å². The summed E-state index contributed by atoms with van der Waals surface area (Å²) in [7, 11) is 2.70. The zero-order valence-corrected chi connectivity index (χ0v) is 26.4. The molecule has 1 N–H and O–H groups in total. The van der Waals surface area contributed by atoms with Crippen molar-refractivity contribution >= 4 is 52.6 Å². The van der Waals surface area contributed by atoms with Gasteiger partial charge >= 0.3 is 11.9 Å². The molecule has 8 nitrogen and oxygen atoms in total. The number of carbonyl (C=O) groups is 2. The Bertz CT molecular complexity index is 770. The molecule has 3 fully saturated rings. The first-order valence-corrected chi connectivity index (χ1v) is 14.5. The average molecular weight is 603 g/mol. The van der Waals surface area contributed by atoms with Crippen LogP contribution in [-0.2, 0) is 33.3 Å². The van der Waals surface area contributed by atoms with Gasteiger partial charge in [-0.1, -0.05) is 102 Å². The SMILES string of the molecule is C1CCC1.COC(=O)C1OC(OC(=N)C(Cl)(Cl)Cl)C(C)[C@@H](C)[C@@H]1C.COC(=O)C1O[C@@H](C)C(C)[C@@H](C)[C@@H]1C. The van der Waals surface area contributed by atoms with Gasteiger partial charge in [-0.25, -0.2) is 9.59 Å². The second-order valence-corrected chi connectivity index (χ2v) is 13.0. The van der Waals surface area contributed by atoms with E-state index in [1.54, 1.807) is 0 Å². The van der Waals surface area contributed by atoms with E-state index in [2.05, 4.69) is 20.8 Å². The summed E-state index contributed by atoms with van der Waals surface area (Å²) in [6.45, 7) is 14.2. The molecule has 222 valence electrons. The molecule has 3 aliphatic rings. The Morgan fingerprint density at radius 3 is 1.45 bits per heavy atom. The van der Waals surface area contributed by atoms with Crippen LogP contribution in [0.25, 0.3) is 0 Å². The number of nitrogens with one attached hydrogen (secondary N) is 1. The molecule has 2 aliphatic heterocycles. The fourth-order valence-corrected chi connectivity index (χ4v) is 4.53. The quantitative estimate of drug-likeness (QED) is 0.169. The molecule has 0 amide bonds. The van der Waals surface area contributed by atoms with Crippen molar-refractivity contribution in [3.63, 3.8) is 0 Å². The van der Waals surface area contributed by atoms with Gasteiger partial charge in [-0.15, -0.1) is 0 Å². The van der Waals surface area contributed by atoms with Crippen molar-refractivity contribution in [2.24, 2.45) is 35.5 Å². The van der Waals surface area contributed by atoms with Gasteiger partial charge in [0.05, 0.1) is 20.3 Å². The third-order valence-corrected chi connectivity index (χ3v) is 8.96. The van der Waals surface area contributed by atoms with Crippen LogP contribution in [0.4, 0.5) is 0 Å². The first-order valence-electron chi connectivity index (χ1n) is 13.4. The molecule has 2 heterocycles. The smallest absolute Gasteiger partial charge is 0.335 e. The van der Waals surface area contributed by atoms with Crippen molar-refractivity contribution in [1.29, 1.82) is 5.41 Å². The molecule has 38 heavy (non-hydrogen) atoms. The van der Waals surface area contributed by atoms with Gasteiger partial charge in [0.25, 0.3) is 3.79 Å². The summed E-state index contributed by atoms with van der Waals surface area (Å²) in [5, 5.41) is 7.59. The van der Waals surface area contributed by atoms with E-state index < -0.39 is 28.1 Å². The van der Waals surface area contributed by atoms with E-state index in [9.17, 15) is 9.59 Å². The van der Waals surface area contributed by atoms with E-state index in [0.29, 0.717) is 11.8 Å². The molecule has 2 saturated heterocycles. The lowest BCUT2D eigenvalue weighted by molar-refractivity contribution is -0.226. The Morgan fingerprint density at radius 2 is 1.08 bits per heavy atom. The number of esters is 2. The lowest BCUT2D eigenvalue weighted by atomic mass is 9.77. The predicted octanol–water partition coefficient (Wildman–Crippen LogP) is 6.57. The zero-order chi connectivity index (χ0) is 29.4. The third kappa shape index (κ3) is 9.69. The summed E-state index contributed by atoms with van der Waals surface area (Å²) in [5.74, 6) is -0.0561. The van der Waals surface area contributed by atoms with Gasteiger partial charge in [0.15, 0.2) is 12.2 Å². The maximum Gasteiger partial charge on any atom is 0.335 e. The Morgan fingerprint density at radius 1 is 0.684 bits per heavy atom. The van der Waals surface area contributed by atoms with Gasteiger partial charge in [-0.3, -0.25) is 5.41 Å². The number of hydrogen-bond acceptors (Lipinski definition) is 8. The van der Waals surface area contributed by atoms with E-state index in [1.165, 1.54) is 39.9 Å². The minimum Gasteiger partial charge on any atom is -0.467 e. The molecule has 0 aromatic heterocycles. The standard InChI is InChI=1S/C12H18Cl3NO4.C11H20O3.C4H8/c1-5-6(2)8(9(17)18-4)19-10(7(5)3)20-11(16)12(13,14)15;1-6-7(2)9(4)14-10(8(6)3)11(12)13-5;1-2-4-3-1/h5-8,10,16H,1-4H3;6-10H,1-5H3;1-4H2/t5-,6-,7?,8?,10?;6-,7?,8+,9+,10?;/m01./s1. The minimum atomic E-state index is -1.96. The maximum absolute atomic E-state index is 11.7. The molecule has 5 unspecified atom stereocenters. The lowest BCUT2D eigenvalue weighted by Gasteiger charge is -2.42. The van der Waals surface area contributed by atoms with E-state index in [1.807, 2.05) is 27.7 Å². The second kappa shape index (κ2) is 15.8. The Labute approximate surface area is 243 Å².